The molecule has 0 saturated carbocycles. The first-order chi connectivity index (χ1) is 7.64. The van der Waals surface area contributed by atoms with E-state index in [-0.39, 0.29) is 5.54 Å². The van der Waals surface area contributed by atoms with E-state index in [9.17, 15) is 0 Å². The van der Waals surface area contributed by atoms with Crippen LogP contribution in [0.5, 0.6) is 0 Å². The van der Waals surface area contributed by atoms with Crippen molar-refractivity contribution in [3.05, 3.63) is 35.4 Å². The van der Waals surface area contributed by atoms with Crippen molar-refractivity contribution in [1.82, 2.24) is 10.2 Å². The molecule has 1 saturated heterocycles. The summed E-state index contributed by atoms with van der Waals surface area (Å²) in [5.74, 6) is 0. The zero-order valence-corrected chi connectivity index (χ0v) is 10.6. The number of aryl methyl sites for hydroxylation is 1. The standard InChI is InChI=1S/C14H22N2/c1-12-7-4-5-8-13(12)14(11-16(2)3)9-6-10-15-14/h4-5,7-8,15H,6,9-11H2,1-3H3. The van der Waals surface area contributed by atoms with Gasteiger partial charge in [-0.3, -0.25) is 0 Å². The molecular weight excluding hydrogens is 196 g/mol. The minimum Gasteiger partial charge on any atom is -0.307 e. The van der Waals surface area contributed by atoms with Gasteiger partial charge in [0.05, 0.1) is 5.54 Å². The first-order valence-corrected chi connectivity index (χ1v) is 6.10. The maximum atomic E-state index is 3.72. The first-order valence-electron chi connectivity index (χ1n) is 6.10. The molecule has 1 aliphatic heterocycles. The van der Waals surface area contributed by atoms with Gasteiger partial charge in [-0.05, 0) is 51.5 Å². The molecule has 0 amide bonds. The lowest BCUT2D eigenvalue weighted by atomic mass is 9.85. The first kappa shape index (κ1) is 11.6. The topological polar surface area (TPSA) is 15.3 Å². The molecular formula is C14H22N2. The van der Waals surface area contributed by atoms with Crippen molar-refractivity contribution in [3.63, 3.8) is 0 Å². The Bertz CT molecular complexity index is 352. The molecule has 2 rings (SSSR count). The van der Waals surface area contributed by atoms with Crippen LogP contribution in [0.4, 0.5) is 0 Å². The Morgan fingerprint density at radius 3 is 2.62 bits per heavy atom. The van der Waals surface area contributed by atoms with Crippen molar-refractivity contribution < 1.29 is 0 Å². The minimum atomic E-state index is 0.175. The second-order valence-corrected chi connectivity index (χ2v) is 5.17. The van der Waals surface area contributed by atoms with Crippen molar-refractivity contribution in [2.75, 3.05) is 27.2 Å². The zero-order valence-electron chi connectivity index (χ0n) is 10.6. The number of rotatable bonds is 3. The SMILES string of the molecule is Cc1ccccc1C1(CN(C)C)CCCN1. The molecule has 1 aromatic carbocycles. The average Bonchev–Trinajstić information content (AvgIpc) is 2.67. The smallest absolute Gasteiger partial charge is 0.0566 e. The molecule has 2 nitrogen and oxygen atoms in total. The fourth-order valence-corrected chi connectivity index (χ4v) is 2.91. The van der Waals surface area contributed by atoms with E-state index in [1.165, 1.54) is 24.0 Å². The Morgan fingerprint density at radius 1 is 1.31 bits per heavy atom. The molecule has 0 radical (unpaired) electrons. The molecule has 1 unspecified atom stereocenters. The van der Waals surface area contributed by atoms with Crippen LogP contribution in [0.2, 0.25) is 0 Å². The molecule has 0 aromatic heterocycles. The summed E-state index contributed by atoms with van der Waals surface area (Å²) >= 11 is 0. The molecule has 0 spiro atoms. The van der Waals surface area contributed by atoms with Gasteiger partial charge in [-0.2, -0.15) is 0 Å². The van der Waals surface area contributed by atoms with E-state index in [1.54, 1.807) is 0 Å². The largest absolute Gasteiger partial charge is 0.307 e. The molecule has 1 aliphatic rings. The van der Waals surface area contributed by atoms with E-state index in [1.807, 2.05) is 0 Å². The van der Waals surface area contributed by atoms with Gasteiger partial charge in [-0.1, -0.05) is 24.3 Å². The summed E-state index contributed by atoms with van der Waals surface area (Å²) in [7, 11) is 4.31. The lowest BCUT2D eigenvalue weighted by Crippen LogP contribution is -2.45. The number of benzene rings is 1. The molecule has 0 aliphatic carbocycles. The summed E-state index contributed by atoms with van der Waals surface area (Å²) < 4.78 is 0. The highest BCUT2D eigenvalue weighted by Crippen LogP contribution is 2.33. The van der Waals surface area contributed by atoms with E-state index in [0.717, 1.165) is 13.1 Å². The van der Waals surface area contributed by atoms with Gasteiger partial charge in [0.15, 0.2) is 0 Å². The van der Waals surface area contributed by atoms with Crippen LogP contribution in [0.15, 0.2) is 24.3 Å². The quantitative estimate of drug-likeness (QED) is 0.836. The van der Waals surface area contributed by atoms with Crippen molar-refractivity contribution in [2.45, 2.75) is 25.3 Å². The van der Waals surface area contributed by atoms with Gasteiger partial charge >= 0.3 is 0 Å². The van der Waals surface area contributed by atoms with Gasteiger partial charge in [-0.25, -0.2) is 0 Å². The Kier molecular flexibility index (Phi) is 3.31. The number of nitrogens with zero attached hydrogens (tertiary/aromatic N) is 1. The molecule has 1 N–H and O–H groups in total. The van der Waals surface area contributed by atoms with Crippen molar-refractivity contribution in [1.29, 1.82) is 0 Å². The highest BCUT2D eigenvalue weighted by Gasteiger charge is 2.36. The van der Waals surface area contributed by atoms with Gasteiger partial charge in [0, 0.05) is 6.54 Å². The summed E-state index contributed by atoms with van der Waals surface area (Å²) in [6, 6.07) is 8.76. The van der Waals surface area contributed by atoms with Crippen LogP contribution in [-0.4, -0.2) is 32.1 Å². The number of hydrogen-bond donors (Lipinski definition) is 1. The fourth-order valence-electron chi connectivity index (χ4n) is 2.91. The summed E-state index contributed by atoms with van der Waals surface area (Å²) in [6.45, 7) is 4.44. The van der Waals surface area contributed by atoms with Crippen LogP contribution in [0, 0.1) is 6.92 Å². The normalized spacial score (nSPS) is 25.2. The molecule has 2 heteroatoms. The number of likely N-dealkylation sites (N-methyl/N-ethyl adjacent to an activating group) is 1. The van der Waals surface area contributed by atoms with Gasteiger partial charge in [0.25, 0.3) is 0 Å². The maximum Gasteiger partial charge on any atom is 0.0566 e. The lowest BCUT2D eigenvalue weighted by Gasteiger charge is -2.34. The average molecular weight is 218 g/mol. The number of hydrogen-bond acceptors (Lipinski definition) is 2. The summed E-state index contributed by atoms with van der Waals surface area (Å²) in [5, 5.41) is 3.72. The van der Waals surface area contributed by atoms with Gasteiger partial charge in [0.2, 0.25) is 0 Å². The Morgan fingerprint density at radius 2 is 2.06 bits per heavy atom. The van der Waals surface area contributed by atoms with Crippen LogP contribution < -0.4 is 5.32 Å². The van der Waals surface area contributed by atoms with Gasteiger partial charge in [0.1, 0.15) is 0 Å². The van der Waals surface area contributed by atoms with E-state index < -0.39 is 0 Å². The molecule has 1 fully saturated rings. The third-order valence-electron chi connectivity index (χ3n) is 3.49. The maximum absolute atomic E-state index is 3.72. The van der Waals surface area contributed by atoms with Crippen LogP contribution in [-0.2, 0) is 5.54 Å². The van der Waals surface area contributed by atoms with Crippen molar-refractivity contribution in [3.8, 4) is 0 Å². The molecule has 88 valence electrons. The highest BCUT2D eigenvalue weighted by atomic mass is 15.1. The van der Waals surface area contributed by atoms with Crippen LogP contribution in [0.3, 0.4) is 0 Å². The van der Waals surface area contributed by atoms with E-state index in [0.29, 0.717) is 0 Å². The van der Waals surface area contributed by atoms with E-state index >= 15 is 0 Å². The van der Waals surface area contributed by atoms with Crippen LogP contribution in [0.25, 0.3) is 0 Å². The predicted octanol–water partition coefficient (Wildman–Crippen LogP) is 2.14. The third kappa shape index (κ3) is 2.13. The van der Waals surface area contributed by atoms with Crippen molar-refractivity contribution in [2.24, 2.45) is 0 Å². The van der Waals surface area contributed by atoms with Crippen LogP contribution in [0.1, 0.15) is 24.0 Å². The molecule has 1 aromatic rings. The summed E-state index contributed by atoms with van der Waals surface area (Å²) in [5.41, 5.74) is 3.05. The fraction of sp³-hybridized carbons (Fsp3) is 0.571. The molecule has 16 heavy (non-hydrogen) atoms. The van der Waals surface area contributed by atoms with E-state index in [4.69, 9.17) is 0 Å². The highest BCUT2D eigenvalue weighted by molar-refractivity contribution is 5.34. The monoisotopic (exact) mass is 218 g/mol. The van der Waals surface area contributed by atoms with Crippen LogP contribution >= 0.6 is 0 Å². The Labute approximate surface area is 98.7 Å². The van der Waals surface area contributed by atoms with Crippen molar-refractivity contribution >= 4 is 0 Å². The Hall–Kier alpha value is -0.860. The molecule has 0 bridgehead atoms. The van der Waals surface area contributed by atoms with E-state index in [2.05, 4.69) is 55.5 Å². The third-order valence-corrected chi connectivity index (χ3v) is 3.49. The van der Waals surface area contributed by atoms with Gasteiger partial charge < -0.3 is 10.2 Å². The Balaban J connectivity index is 2.36. The number of nitrogens with one attached hydrogen (secondary N) is 1. The minimum absolute atomic E-state index is 0.175. The second kappa shape index (κ2) is 4.56. The predicted molar refractivity (Wildman–Crippen MR) is 68.6 cm³/mol. The second-order valence-electron chi connectivity index (χ2n) is 5.17. The van der Waals surface area contributed by atoms with Gasteiger partial charge in [-0.15, -0.1) is 0 Å². The summed E-state index contributed by atoms with van der Waals surface area (Å²) in [6.07, 6.45) is 2.53. The lowest BCUT2D eigenvalue weighted by molar-refractivity contribution is 0.259. The zero-order chi connectivity index (χ0) is 11.6. The summed E-state index contributed by atoms with van der Waals surface area (Å²) in [4.78, 5) is 2.28. The molecule has 1 heterocycles. The molecule has 1 atom stereocenters.